The largest absolute Gasteiger partial charge is 0.484 e. The van der Waals surface area contributed by atoms with Crippen molar-refractivity contribution < 1.29 is 22.7 Å². The molecule has 0 radical (unpaired) electrons. The lowest BCUT2D eigenvalue weighted by Gasteiger charge is -2.06. The van der Waals surface area contributed by atoms with E-state index in [0.717, 1.165) is 11.6 Å². The molecular formula is C22H16ClF2N3O3. The monoisotopic (exact) mass is 443 g/mol. The first-order valence-electron chi connectivity index (χ1n) is 9.22. The molecule has 31 heavy (non-hydrogen) atoms. The van der Waals surface area contributed by atoms with Crippen molar-refractivity contribution in [3.63, 3.8) is 0 Å². The van der Waals surface area contributed by atoms with Gasteiger partial charge in [-0.1, -0.05) is 23.7 Å². The average molecular weight is 444 g/mol. The smallest absolute Gasteiger partial charge is 0.292 e. The number of carbonyl (C=O) groups is 1. The second-order valence-corrected chi connectivity index (χ2v) is 7.02. The van der Waals surface area contributed by atoms with Gasteiger partial charge in [-0.3, -0.25) is 9.48 Å². The molecule has 4 aromatic rings. The highest BCUT2D eigenvalue weighted by Crippen LogP contribution is 2.26. The summed E-state index contributed by atoms with van der Waals surface area (Å²) in [5, 5.41) is 7.02. The summed E-state index contributed by atoms with van der Waals surface area (Å²) in [6.45, 7) is 0.378. The molecule has 0 unspecified atom stereocenters. The second kappa shape index (κ2) is 9.01. The number of nitrogens with one attached hydrogen (secondary N) is 1. The lowest BCUT2D eigenvalue weighted by atomic mass is 10.2. The van der Waals surface area contributed by atoms with Gasteiger partial charge in [0.1, 0.15) is 29.8 Å². The Morgan fingerprint density at radius 2 is 1.94 bits per heavy atom. The van der Waals surface area contributed by atoms with Crippen LogP contribution < -0.4 is 10.1 Å². The van der Waals surface area contributed by atoms with Crippen LogP contribution in [0.4, 0.5) is 14.6 Å². The van der Waals surface area contributed by atoms with Gasteiger partial charge < -0.3 is 14.5 Å². The van der Waals surface area contributed by atoms with Crippen molar-refractivity contribution in [2.24, 2.45) is 0 Å². The third kappa shape index (κ3) is 5.29. The molecule has 0 bridgehead atoms. The van der Waals surface area contributed by atoms with Crippen molar-refractivity contribution in [1.29, 1.82) is 0 Å². The molecule has 6 nitrogen and oxygen atoms in total. The van der Waals surface area contributed by atoms with Crippen molar-refractivity contribution >= 4 is 23.3 Å². The van der Waals surface area contributed by atoms with Crippen LogP contribution in [0.3, 0.4) is 0 Å². The Bertz CT molecular complexity index is 1220. The number of nitrogens with zero attached hydrogens (tertiary/aromatic N) is 2. The Hall–Kier alpha value is -3.65. The van der Waals surface area contributed by atoms with Crippen LogP contribution in [-0.2, 0) is 13.2 Å². The quantitative estimate of drug-likeness (QED) is 0.421. The molecule has 4 rings (SSSR count). The van der Waals surface area contributed by atoms with Gasteiger partial charge in [0, 0.05) is 12.3 Å². The predicted octanol–water partition coefficient (Wildman–Crippen LogP) is 5.29. The standard InChI is InChI=1S/C22H16ClF2N3O3/c23-18-11-16(25)4-6-19(18)30-13-17-5-7-20(31-17)22(29)26-21-8-9-28(27-21)12-14-2-1-3-15(24)10-14/h1-11H,12-13H2,(H,26,27,29). The van der Waals surface area contributed by atoms with Gasteiger partial charge in [-0.25, -0.2) is 8.78 Å². The topological polar surface area (TPSA) is 69.3 Å². The van der Waals surface area contributed by atoms with Gasteiger partial charge in [0.25, 0.3) is 5.91 Å². The van der Waals surface area contributed by atoms with E-state index in [-0.39, 0.29) is 23.2 Å². The van der Waals surface area contributed by atoms with Gasteiger partial charge in [0.05, 0.1) is 11.6 Å². The fourth-order valence-corrected chi connectivity index (χ4v) is 3.06. The number of halogens is 3. The number of ether oxygens (including phenoxy) is 1. The molecule has 2 aromatic carbocycles. The van der Waals surface area contributed by atoms with Gasteiger partial charge in [-0.05, 0) is 48.0 Å². The number of furan rings is 1. The van der Waals surface area contributed by atoms with Gasteiger partial charge in [-0.15, -0.1) is 0 Å². The van der Waals surface area contributed by atoms with Crippen LogP contribution in [0.5, 0.6) is 5.75 Å². The minimum Gasteiger partial charge on any atom is -0.484 e. The van der Waals surface area contributed by atoms with Crippen molar-refractivity contribution in [2.45, 2.75) is 13.2 Å². The number of hydrogen-bond acceptors (Lipinski definition) is 4. The Labute approximate surface area is 181 Å². The highest BCUT2D eigenvalue weighted by atomic mass is 35.5. The maximum absolute atomic E-state index is 13.3. The summed E-state index contributed by atoms with van der Waals surface area (Å²) in [4.78, 5) is 12.4. The number of benzene rings is 2. The lowest BCUT2D eigenvalue weighted by molar-refractivity contribution is 0.0992. The van der Waals surface area contributed by atoms with E-state index in [1.54, 1.807) is 35.1 Å². The summed E-state index contributed by atoms with van der Waals surface area (Å²) >= 11 is 5.92. The molecule has 0 aliphatic rings. The molecule has 2 aromatic heterocycles. The summed E-state index contributed by atoms with van der Waals surface area (Å²) in [5.41, 5.74) is 0.748. The Kier molecular flexibility index (Phi) is 5.99. The average Bonchev–Trinajstić information content (AvgIpc) is 3.37. The molecule has 0 aliphatic carbocycles. The molecule has 9 heteroatoms. The summed E-state index contributed by atoms with van der Waals surface area (Å²) in [6, 6.07) is 14.7. The molecular weight excluding hydrogens is 428 g/mol. The molecule has 0 fully saturated rings. The zero-order valence-corrected chi connectivity index (χ0v) is 16.8. The Morgan fingerprint density at radius 3 is 2.74 bits per heavy atom. The predicted molar refractivity (Wildman–Crippen MR) is 110 cm³/mol. The number of rotatable bonds is 7. The summed E-state index contributed by atoms with van der Waals surface area (Å²) in [7, 11) is 0. The number of hydrogen-bond donors (Lipinski definition) is 1. The van der Waals surface area contributed by atoms with Crippen LogP contribution in [0, 0.1) is 11.6 Å². The van der Waals surface area contributed by atoms with Gasteiger partial charge in [0.2, 0.25) is 0 Å². The Morgan fingerprint density at radius 1 is 1.10 bits per heavy atom. The first kappa shape index (κ1) is 20.6. The van der Waals surface area contributed by atoms with Gasteiger partial charge in [0.15, 0.2) is 11.6 Å². The van der Waals surface area contributed by atoms with Gasteiger partial charge in [-0.2, -0.15) is 5.10 Å². The van der Waals surface area contributed by atoms with Crippen molar-refractivity contribution in [3.05, 3.63) is 101 Å². The maximum Gasteiger partial charge on any atom is 0.292 e. The molecule has 1 amide bonds. The summed E-state index contributed by atoms with van der Waals surface area (Å²) in [5.74, 6) is -0.180. The van der Waals surface area contributed by atoms with E-state index in [9.17, 15) is 13.6 Å². The molecule has 0 saturated heterocycles. The van der Waals surface area contributed by atoms with E-state index in [0.29, 0.717) is 23.9 Å². The molecule has 2 heterocycles. The number of amides is 1. The number of aromatic nitrogens is 2. The van der Waals surface area contributed by atoms with Crippen molar-refractivity contribution in [1.82, 2.24) is 9.78 Å². The van der Waals surface area contributed by atoms with Crippen LogP contribution in [0.15, 0.2) is 71.3 Å². The molecule has 0 aliphatic heterocycles. The number of carbonyl (C=O) groups excluding carboxylic acids is 1. The summed E-state index contributed by atoms with van der Waals surface area (Å²) < 4.78 is 38.9. The third-order valence-electron chi connectivity index (χ3n) is 4.27. The van der Waals surface area contributed by atoms with Crippen LogP contribution in [-0.4, -0.2) is 15.7 Å². The minimum absolute atomic E-state index is 0.0148. The van der Waals surface area contributed by atoms with E-state index in [1.165, 1.54) is 30.3 Å². The highest BCUT2D eigenvalue weighted by molar-refractivity contribution is 6.32. The van der Waals surface area contributed by atoms with Crippen LogP contribution >= 0.6 is 11.6 Å². The molecule has 158 valence electrons. The van der Waals surface area contributed by atoms with Crippen LogP contribution in [0.25, 0.3) is 0 Å². The summed E-state index contributed by atoms with van der Waals surface area (Å²) in [6.07, 6.45) is 1.67. The maximum atomic E-state index is 13.3. The normalized spacial score (nSPS) is 10.8. The van der Waals surface area contributed by atoms with Crippen molar-refractivity contribution in [2.75, 3.05) is 5.32 Å². The fourth-order valence-electron chi connectivity index (χ4n) is 2.84. The molecule has 1 N–H and O–H groups in total. The Balaban J connectivity index is 1.34. The molecule has 0 spiro atoms. The first-order valence-corrected chi connectivity index (χ1v) is 9.60. The van der Waals surface area contributed by atoms with E-state index in [2.05, 4.69) is 10.4 Å². The van der Waals surface area contributed by atoms with Crippen LogP contribution in [0.2, 0.25) is 5.02 Å². The van der Waals surface area contributed by atoms with E-state index in [1.807, 2.05) is 0 Å². The first-order chi connectivity index (χ1) is 15.0. The third-order valence-corrected chi connectivity index (χ3v) is 4.56. The van der Waals surface area contributed by atoms with Gasteiger partial charge >= 0.3 is 0 Å². The fraction of sp³-hybridized carbons (Fsp3) is 0.0909. The SMILES string of the molecule is O=C(Nc1ccn(Cc2cccc(F)c2)n1)c1ccc(COc2ccc(F)cc2Cl)o1. The lowest BCUT2D eigenvalue weighted by Crippen LogP contribution is -2.12. The molecule has 0 atom stereocenters. The minimum atomic E-state index is -0.484. The molecule has 0 saturated carbocycles. The van der Waals surface area contributed by atoms with E-state index < -0.39 is 11.7 Å². The zero-order chi connectivity index (χ0) is 21.8. The zero-order valence-electron chi connectivity index (χ0n) is 16.0. The van der Waals surface area contributed by atoms with E-state index >= 15 is 0 Å². The van der Waals surface area contributed by atoms with Crippen LogP contribution in [0.1, 0.15) is 21.9 Å². The second-order valence-electron chi connectivity index (χ2n) is 6.61. The number of anilines is 1. The van der Waals surface area contributed by atoms with Crippen molar-refractivity contribution in [3.8, 4) is 5.75 Å². The van der Waals surface area contributed by atoms with E-state index in [4.69, 9.17) is 20.8 Å². The highest BCUT2D eigenvalue weighted by Gasteiger charge is 2.14.